The number of aromatic amines is 1. The van der Waals surface area contributed by atoms with Crippen molar-refractivity contribution in [3.8, 4) is 0 Å². The second-order valence-corrected chi connectivity index (χ2v) is 5.31. The van der Waals surface area contributed by atoms with Crippen molar-refractivity contribution >= 4 is 16.9 Å². The Hall–Kier alpha value is -2.14. The fourth-order valence-corrected chi connectivity index (χ4v) is 2.24. The smallest absolute Gasteiger partial charge is 0.217 e. The molecule has 4 atom stereocenters. The monoisotopic (exact) mass is 345 g/mol. The fourth-order valence-electron chi connectivity index (χ4n) is 2.24. The van der Waals surface area contributed by atoms with E-state index in [0.29, 0.717) is 0 Å². The number of amides is 1. The summed E-state index contributed by atoms with van der Waals surface area (Å²) in [4.78, 5) is 17.9. The van der Waals surface area contributed by atoms with Crippen LogP contribution in [0.3, 0.4) is 0 Å². The summed E-state index contributed by atoms with van der Waals surface area (Å²) in [6.45, 7) is 0.331. The number of aliphatic hydroxyl groups is 4. The number of fused-ring (bicyclic) bond motifs is 1. The lowest BCUT2D eigenvalue weighted by atomic mass is 10.0. The summed E-state index contributed by atoms with van der Waals surface area (Å²) < 4.78 is 26.5. The average molecular weight is 345 g/mol. The number of benzene rings is 1. The first-order valence-corrected chi connectivity index (χ1v) is 7.01. The Morgan fingerprint density at radius 2 is 1.88 bits per heavy atom. The molecule has 0 saturated carbocycles. The number of aromatic nitrogens is 2. The van der Waals surface area contributed by atoms with Crippen molar-refractivity contribution in [3.63, 3.8) is 0 Å². The van der Waals surface area contributed by atoms with Gasteiger partial charge < -0.3 is 30.7 Å². The van der Waals surface area contributed by atoms with Crippen molar-refractivity contribution in [1.82, 2.24) is 15.3 Å². The largest absolute Gasteiger partial charge is 0.394 e. The number of nitrogens with one attached hydrogen (secondary N) is 2. The molecule has 132 valence electrons. The Labute approximate surface area is 134 Å². The van der Waals surface area contributed by atoms with E-state index in [1.54, 1.807) is 0 Å². The van der Waals surface area contributed by atoms with Crippen LogP contribution in [0.4, 0.5) is 8.78 Å². The van der Waals surface area contributed by atoms with E-state index in [0.717, 1.165) is 19.1 Å². The quantitative estimate of drug-likeness (QED) is 0.401. The van der Waals surface area contributed by atoms with Gasteiger partial charge in [-0.05, 0) is 0 Å². The minimum absolute atomic E-state index is 0.0450. The van der Waals surface area contributed by atoms with Crippen molar-refractivity contribution in [2.24, 2.45) is 0 Å². The highest BCUT2D eigenvalue weighted by Crippen LogP contribution is 2.23. The van der Waals surface area contributed by atoms with Crippen LogP contribution >= 0.6 is 0 Å². The highest BCUT2D eigenvalue weighted by atomic mass is 19.2. The van der Waals surface area contributed by atoms with Crippen LogP contribution in [0.15, 0.2) is 12.1 Å². The van der Waals surface area contributed by atoms with E-state index in [-0.39, 0.29) is 16.9 Å². The van der Waals surface area contributed by atoms with E-state index >= 15 is 0 Å². The lowest BCUT2D eigenvalue weighted by Gasteiger charge is -2.28. The van der Waals surface area contributed by atoms with Crippen LogP contribution in [-0.4, -0.2) is 61.2 Å². The predicted molar refractivity (Wildman–Crippen MR) is 77.7 cm³/mol. The number of H-pyrrole nitrogens is 1. The predicted octanol–water partition coefficient (Wildman–Crippen LogP) is -0.907. The van der Waals surface area contributed by atoms with Crippen LogP contribution in [0.1, 0.15) is 18.8 Å². The zero-order valence-electron chi connectivity index (χ0n) is 12.6. The van der Waals surface area contributed by atoms with Crippen molar-refractivity contribution < 1.29 is 34.0 Å². The van der Waals surface area contributed by atoms with E-state index in [9.17, 15) is 28.9 Å². The minimum Gasteiger partial charge on any atom is -0.394 e. The average Bonchev–Trinajstić information content (AvgIpc) is 2.93. The number of nitrogens with zero attached hydrogens (tertiary/aromatic N) is 1. The van der Waals surface area contributed by atoms with Gasteiger partial charge in [0.2, 0.25) is 5.91 Å². The number of halogens is 2. The maximum absolute atomic E-state index is 13.3. The molecule has 1 amide bonds. The van der Waals surface area contributed by atoms with Crippen LogP contribution in [-0.2, 0) is 4.79 Å². The van der Waals surface area contributed by atoms with Gasteiger partial charge in [-0.2, -0.15) is 0 Å². The van der Waals surface area contributed by atoms with Gasteiger partial charge in [0.15, 0.2) is 11.6 Å². The SMILES string of the molecule is CC(=O)N[C@@H](c1nc2cc(F)c(F)cc2[nH]1)C(O)C(O)C(O)CO. The van der Waals surface area contributed by atoms with Gasteiger partial charge in [-0.15, -0.1) is 0 Å². The van der Waals surface area contributed by atoms with E-state index in [1.807, 2.05) is 0 Å². The van der Waals surface area contributed by atoms with Gasteiger partial charge in [0.1, 0.15) is 30.2 Å². The molecule has 0 aliphatic rings. The molecule has 1 heterocycles. The minimum atomic E-state index is -1.80. The Kier molecular flexibility index (Phi) is 5.44. The molecule has 1 aromatic heterocycles. The van der Waals surface area contributed by atoms with Gasteiger partial charge in [-0.3, -0.25) is 4.79 Å². The van der Waals surface area contributed by atoms with Crippen LogP contribution in [0, 0.1) is 11.6 Å². The van der Waals surface area contributed by atoms with E-state index in [1.165, 1.54) is 0 Å². The van der Waals surface area contributed by atoms with Gasteiger partial charge in [0.05, 0.1) is 17.6 Å². The standard InChI is InChI=1S/C14H17F2N3O5/c1-5(21)17-11(13(24)12(23)10(22)4-20)14-18-8-2-6(15)7(16)3-9(8)19-14/h2-3,10-13,20,22-24H,4H2,1H3,(H,17,21)(H,18,19)/t10?,11-,12?,13?/m1/s1. The van der Waals surface area contributed by atoms with Crippen molar-refractivity contribution in [2.45, 2.75) is 31.3 Å². The third-order valence-corrected chi connectivity index (χ3v) is 3.47. The molecule has 0 aliphatic heterocycles. The summed E-state index contributed by atoms with van der Waals surface area (Å²) in [6.07, 6.45) is -5.20. The third kappa shape index (κ3) is 3.67. The molecule has 24 heavy (non-hydrogen) atoms. The Morgan fingerprint density at radius 1 is 1.25 bits per heavy atom. The van der Waals surface area contributed by atoms with Gasteiger partial charge in [0.25, 0.3) is 0 Å². The molecule has 0 bridgehead atoms. The maximum Gasteiger partial charge on any atom is 0.217 e. The zero-order chi connectivity index (χ0) is 18.0. The molecule has 0 aliphatic carbocycles. The molecule has 6 N–H and O–H groups in total. The van der Waals surface area contributed by atoms with Crippen molar-refractivity contribution in [1.29, 1.82) is 0 Å². The Bertz CT molecular complexity index is 700. The number of hydrogen-bond donors (Lipinski definition) is 6. The van der Waals surface area contributed by atoms with E-state index in [2.05, 4.69) is 15.3 Å². The molecule has 2 aromatic rings. The number of imidazole rings is 1. The molecule has 2 rings (SSSR count). The summed E-state index contributed by atoms with van der Waals surface area (Å²) >= 11 is 0. The topological polar surface area (TPSA) is 139 Å². The molecule has 10 heteroatoms. The van der Waals surface area contributed by atoms with Gasteiger partial charge in [-0.25, -0.2) is 13.8 Å². The second-order valence-electron chi connectivity index (χ2n) is 5.31. The van der Waals surface area contributed by atoms with E-state index in [4.69, 9.17) is 5.11 Å². The molecule has 8 nitrogen and oxygen atoms in total. The first-order chi connectivity index (χ1) is 11.2. The number of carbonyl (C=O) groups is 1. The zero-order valence-corrected chi connectivity index (χ0v) is 12.6. The highest BCUT2D eigenvalue weighted by Gasteiger charge is 2.34. The van der Waals surface area contributed by atoms with Crippen LogP contribution in [0.25, 0.3) is 11.0 Å². The molecule has 1 aromatic carbocycles. The van der Waals surface area contributed by atoms with Crippen LogP contribution in [0.2, 0.25) is 0 Å². The van der Waals surface area contributed by atoms with Crippen molar-refractivity contribution in [3.05, 3.63) is 29.6 Å². The summed E-state index contributed by atoms with van der Waals surface area (Å²) in [7, 11) is 0. The van der Waals surface area contributed by atoms with Crippen LogP contribution < -0.4 is 5.32 Å². The third-order valence-electron chi connectivity index (χ3n) is 3.47. The molecule has 0 radical (unpaired) electrons. The molecule has 3 unspecified atom stereocenters. The van der Waals surface area contributed by atoms with E-state index < -0.39 is 48.5 Å². The summed E-state index contributed by atoms with van der Waals surface area (Å²) in [6, 6.07) is 0.385. The Morgan fingerprint density at radius 3 is 2.46 bits per heavy atom. The maximum atomic E-state index is 13.3. The number of hydrogen-bond acceptors (Lipinski definition) is 6. The molecular weight excluding hydrogens is 328 g/mol. The molecule has 0 spiro atoms. The van der Waals surface area contributed by atoms with Gasteiger partial charge in [0, 0.05) is 19.1 Å². The highest BCUT2D eigenvalue weighted by molar-refractivity contribution is 5.76. The van der Waals surface area contributed by atoms with Gasteiger partial charge in [-0.1, -0.05) is 0 Å². The summed E-state index contributed by atoms with van der Waals surface area (Å²) in [5.74, 6) is -2.89. The van der Waals surface area contributed by atoms with Gasteiger partial charge >= 0.3 is 0 Å². The first-order valence-electron chi connectivity index (χ1n) is 7.01. The molecule has 0 fully saturated rings. The number of carbonyl (C=O) groups excluding carboxylic acids is 1. The van der Waals surface area contributed by atoms with Crippen molar-refractivity contribution in [2.75, 3.05) is 6.61 Å². The number of rotatable bonds is 6. The summed E-state index contributed by atoms with van der Waals surface area (Å²) in [5, 5.41) is 40.6. The molecular formula is C14H17F2N3O5. The normalized spacial score (nSPS) is 16.6. The molecule has 0 saturated heterocycles. The lowest BCUT2D eigenvalue weighted by molar-refractivity contribution is -0.123. The fraction of sp³-hybridized carbons (Fsp3) is 0.429. The van der Waals surface area contributed by atoms with Crippen LogP contribution in [0.5, 0.6) is 0 Å². The Balaban J connectivity index is 2.42. The lowest BCUT2D eigenvalue weighted by Crippen LogP contribution is -2.47. The number of aliphatic hydroxyl groups excluding tert-OH is 4. The summed E-state index contributed by atoms with van der Waals surface area (Å²) in [5.41, 5.74) is 0.160. The first kappa shape index (κ1) is 18.2. The second kappa shape index (κ2) is 7.18.